The highest BCUT2D eigenvalue weighted by atomic mass is 16.1. The first-order chi connectivity index (χ1) is 11.9. The van der Waals surface area contributed by atoms with Crippen LogP contribution in [0.3, 0.4) is 0 Å². The van der Waals surface area contributed by atoms with E-state index in [2.05, 4.69) is 15.5 Å². The van der Waals surface area contributed by atoms with Gasteiger partial charge in [-0.25, -0.2) is 4.68 Å². The SMILES string of the molecule is Cc1nn(C)c(C)c1C(=O)Nc1cc(-c2ccccc2)nn1C(C)C. The lowest BCUT2D eigenvalue weighted by atomic mass is 10.1. The highest BCUT2D eigenvalue weighted by molar-refractivity contribution is 6.05. The number of rotatable bonds is 4. The Morgan fingerprint density at radius 1 is 1.12 bits per heavy atom. The molecule has 0 fully saturated rings. The van der Waals surface area contributed by atoms with Crippen LogP contribution in [0.25, 0.3) is 11.3 Å². The fraction of sp³-hybridized carbons (Fsp3) is 0.316. The highest BCUT2D eigenvalue weighted by Crippen LogP contribution is 2.25. The van der Waals surface area contributed by atoms with Crippen LogP contribution in [-0.4, -0.2) is 25.5 Å². The molecule has 130 valence electrons. The molecule has 0 aliphatic heterocycles. The van der Waals surface area contributed by atoms with Crippen molar-refractivity contribution < 1.29 is 4.79 Å². The molecule has 3 rings (SSSR count). The molecule has 2 aromatic heterocycles. The second-order valence-corrected chi connectivity index (χ2v) is 6.44. The van der Waals surface area contributed by atoms with E-state index in [4.69, 9.17) is 0 Å². The summed E-state index contributed by atoms with van der Waals surface area (Å²) < 4.78 is 3.56. The van der Waals surface area contributed by atoms with Gasteiger partial charge in [-0.2, -0.15) is 10.2 Å². The molecule has 0 aliphatic rings. The van der Waals surface area contributed by atoms with Gasteiger partial charge in [0.05, 0.1) is 17.0 Å². The third-order valence-electron chi connectivity index (χ3n) is 4.27. The van der Waals surface area contributed by atoms with Gasteiger partial charge in [-0.3, -0.25) is 9.48 Å². The van der Waals surface area contributed by atoms with Gasteiger partial charge in [0.1, 0.15) is 5.82 Å². The zero-order chi connectivity index (χ0) is 18.1. The number of aryl methyl sites for hydroxylation is 2. The molecule has 3 aromatic rings. The normalized spacial score (nSPS) is 11.1. The number of hydrogen-bond donors (Lipinski definition) is 1. The molecule has 0 unspecified atom stereocenters. The molecule has 2 heterocycles. The minimum atomic E-state index is -0.162. The molecule has 0 radical (unpaired) electrons. The fourth-order valence-electron chi connectivity index (χ4n) is 2.91. The molecular weight excluding hydrogens is 314 g/mol. The van der Waals surface area contributed by atoms with Crippen LogP contribution in [0.2, 0.25) is 0 Å². The first-order valence-corrected chi connectivity index (χ1v) is 8.35. The molecule has 0 saturated heterocycles. The molecule has 6 heteroatoms. The average molecular weight is 337 g/mol. The van der Waals surface area contributed by atoms with Gasteiger partial charge in [0.25, 0.3) is 5.91 Å². The van der Waals surface area contributed by atoms with E-state index in [9.17, 15) is 4.79 Å². The second kappa shape index (κ2) is 6.55. The summed E-state index contributed by atoms with van der Waals surface area (Å²) in [4.78, 5) is 12.8. The number of benzene rings is 1. The van der Waals surface area contributed by atoms with Crippen LogP contribution in [0.1, 0.15) is 41.6 Å². The van der Waals surface area contributed by atoms with E-state index >= 15 is 0 Å². The Morgan fingerprint density at radius 2 is 1.80 bits per heavy atom. The summed E-state index contributed by atoms with van der Waals surface area (Å²) in [5.74, 6) is 0.519. The molecular formula is C19H23N5O. The molecule has 6 nitrogen and oxygen atoms in total. The largest absolute Gasteiger partial charge is 0.307 e. The van der Waals surface area contributed by atoms with Crippen LogP contribution in [0.5, 0.6) is 0 Å². The lowest BCUT2D eigenvalue weighted by Gasteiger charge is -2.11. The number of anilines is 1. The van der Waals surface area contributed by atoms with Crippen molar-refractivity contribution in [2.45, 2.75) is 33.7 Å². The van der Waals surface area contributed by atoms with Crippen LogP contribution >= 0.6 is 0 Å². The number of aromatic nitrogens is 4. The Labute approximate surface area is 147 Å². The first kappa shape index (κ1) is 17.0. The third kappa shape index (κ3) is 3.20. The number of carbonyl (C=O) groups excluding carboxylic acids is 1. The smallest absolute Gasteiger partial charge is 0.260 e. The van der Waals surface area contributed by atoms with E-state index in [0.717, 1.165) is 22.6 Å². The van der Waals surface area contributed by atoms with Gasteiger partial charge >= 0.3 is 0 Å². The number of carbonyl (C=O) groups is 1. The lowest BCUT2D eigenvalue weighted by molar-refractivity contribution is 0.102. The number of nitrogens with one attached hydrogen (secondary N) is 1. The maximum atomic E-state index is 12.8. The fourth-order valence-corrected chi connectivity index (χ4v) is 2.91. The summed E-state index contributed by atoms with van der Waals surface area (Å²) in [6.07, 6.45) is 0. The third-order valence-corrected chi connectivity index (χ3v) is 4.27. The van der Waals surface area contributed by atoms with Gasteiger partial charge in [0.15, 0.2) is 0 Å². The Bertz CT molecular complexity index is 906. The number of nitrogens with zero attached hydrogens (tertiary/aromatic N) is 4. The van der Waals surface area contributed by atoms with Crippen LogP contribution in [0.15, 0.2) is 36.4 Å². The van der Waals surface area contributed by atoms with Gasteiger partial charge in [0.2, 0.25) is 0 Å². The lowest BCUT2D eigenvalue weighted by Crippen LogP contribution is -2.18. The summed E-state index contributed by atoms with van der Waals surface area (Å²) >= 11 is 0. The van der Waals surface area contributed by atoms with Crippen LogP contribution in [0.4, 0.5) is 5.82 Å². The van der Waals surface area contributed by atoms with Crippen molar-refractivity contribution in [2.75, 3.05) is 5.32 Å². The van der Waals surface area contributed by atoms with Crippen molar-refractivity contribution in [3.63, 3.8) is 0 Å². The van der Waals surface area contributed by atoms with Crippen LogP contribution in [-0.2, 0) is 7.05 Å². The predicted molar refractivity (Wildman–Crippen MR) is 98.7 cm³/mol. The molecule has 0 spiro atoms. The summed E-state index contributed by atoms with van der Waals surface area (Å²) in [6.45, 7) is 7.82. The van der Waals surface area contributed by atoms with Crippen molar-refractivity contribution in [2.24, 2.45) is 7.05 Å². The molecule has 0 saturated carbocycles. The Kier molecular flexibility index (Phi) is 4.44. The van der Waals surface area contributed by atoms with Gasteiger partial charge < -0.3 is 5.32 Å². The molecule has 0 aliphatic carbocycles. The first-order valence-electron chi connectivity index (χ1n) is 8.35. The monoisotopic (exact) mass is 337 g/mol. The summed E-state index contributed by atoms with van der Waals surface area (Å²) in [6, 6.07) is 12.0. The minimum Gasteiger partial charge on any atom is -0.307 e. The molecule has 1 amide bonds. The van der Waals surface area contributed by atoms with Gasteiger partial charge in [-0.1, -0.05) is 30.3 Å². The summed E-state index contributed by atoms with van der Waals surface area (Å²) in [7, 11) is 1.84. The number of amides is 1. The van der Waals surface area contributed by atoms with E-state index in [-0.39, 0.29) is 11.9 Å². The maximum Gasteiger partial charge on any atom is 0.260 e. The second-order valence-electron chi connectivity index (χ2n) is 6.44. The molecule has 1 N–H and O–H groups in total. The van der Waals surface area contributed by atoms with E-state index in [1.807, 2.05) is 75.8 Å². The Morgan fingerprint density at radius 3 is 2.36 bits per heavy atom. The van der Waals surface area contributed by atoms with E-state index in [1.54, 1.807) is 4.68 Å². The highest BCUT2D eigenvalue weighted by Gasteiger charge is 2.20. The quantitative estimate of drug-likeness (QED) is 0.789. The van der Waals surface area contributed by atoms with E-state index < -0.39 is 0 Å². The van der Waals surface area contributed by atoms with Crippen LogP contribution in [0, 0.1) is 13.8 Å². The van der Waals surface area contributed by atoms with Crippen molar-refractivity contribution >= 4 is 11.7 Å². The van der Waals surface area contributed by atoms with Gasteiger partial charge in [-0.05, 0) is 27.7 Å². The summed E-state index contributed by atoms with van der Waals surface area (Å²) in [5.41, 5.74) is 4.03. The van der Waals surface area contributed by atoms with Crippen molar-refractivity contribution in [3.05, 3.63) is 53.3 Å². The molecule has 0 atom stereocenters. The molecule has 0 bridgehead atoms. The van der Waals surface area contributed by atoms with Crippen molar-refractivity contribution in [3.8, 4) is 11.3 Å². The van der Waals surface area contributed by atoms with Crippen molar-refractivity contribution in [1.82, 2.24) is 19.6 Å². The average Bonchev–Trinajstić information content (AvgIpc) is 3.10. The van der Waals surface area contributed by atoms with Gasteiger partial charge in [0, 0.05) is 30.4 Å². The number of hydrogen-bond acceptors (Lipinski definition) is 3. The predicted octanol–water partition coefficient (Wildman–Crippen LogP) is 3.73. The van der Waals surface area contributed by atoms with E-state index in [1.165, 1.54) is 0 Å². The van der Waals surface area contributed by atoms with Crippen LogP contribution < -0.4 is 5.32 Å². The molecule has 1 aromatic carbocycles. The van der Waals surface area contributed by atoms with Crippen molar-refractivity contribution in [1.29, 1.82) is 0 Å². The zero-order valence-electron chi connectivity index (χ0n) is 15.2. The minimum absolute atomic E-state index is 0.129. The van der Waals surface area contributed by atoms with E-state index in [0.29, 0.717) is 11.4 Å². The summed E-state index contributed by atoms with van der Waals surface area (Å²) in [5, 5.41) is 12.0. The maximum absolute atomic E-state index is 12.8. The zero-order valence-corrected chi connectivity index (χ0v) is 15.2. The standard InChI is InChI=1S/C19H23N5O/c1-12(2)24-17(11-16(22-24)15-9-7-6-8-10-15)20-19(25)18-13(3)21-23(5)14(18)4/h6-12H,1-5H3,(H,20,25). The Hall–Kier alpha value is -2.89. The molecule has 25 heavy (non-hydrogen) atoms. The topological polar surface area (TPSA) is 64.7 Å². The Balaban J connectivity index is 1.96. The van der Waals surface area contributed by atoms with Gasteiger partial charge in [-0.15, -0.1) is 0 Å².